The van der Waals surface area contributed by atoms with E-state index in [-0.39, 0.29) is 12.5 Å². The number of halogens is 1. The number of nitrogens with zero attached hydrogens (tertiary/aromatic N) is 1. The summed E-state index contributed by atoms with van der Waals surface area (Å²) in [6.45, 7) is 4.41. The smallest absolute Gasteiger partial charge is 0.238 e. The third kappa shape index (κ3) is 3.46. The van der Waals surface area contributed by atoms with Gasteiger partial charge >= 0.3 is 0 Å². The van der Waals surface area contributed by atoms with Gasteiger partial charge in [0, 0.05) is 17.6 Å². The Bertz CT molecular complexity index is 615. The fourth-order valence-electron chi connectivity index (χ4n) is 1.84. The zero-order chi connectivity index (χ0) is 14.5. The fourth-order valence-corrected chi connectivity index (χ4v) is 2.06. The van der Waals surface area contributed by atoms with Gasteiger partial charge in [-0.3, -0.25) is 9.78 Å². The van der Waals surface area contributed by atoms with Gasteiger partial charge in [0.05, 0.1) is 22.8 Å². The molecule has 0 aliphatic rings. The first-order valence-electron chi connectivity index (χ1n) is 6.68. The van der Waals surface area contributed by atoms with Crippen LogP contribution < -0.4 is 10.6 Å². The molecule has 20 heavy (non-hydrogen) atoms. The van der Waals surface area contributed by atoms with Crippen molar-refractivity contribution in [3.05, 3.63) is 35.5 Å². The number of anilines is 1. The second kappa shape index (κ2) is 6.68. The van der Waals surface area contributed by atoms with Gasteiger partial charge in [-0.2, -0.15) is 0 Å². The van der Waals surface area contributed by atoms with Gasteiger partial charge in [-0.1, -0.05) is 18.5 Å². The largest absolute Gasteiger partial charge is 0.323 e. The number of carbonyl (C=O) groups excluding carboxylic acids is 1. The lowest BCUT2D eigenvalue weighted by atomic mass is 10.2. The number of rotatable bonds is 5. The number of nitrogens with one attached hydrogen (secondary N) is 2. The fraction of sp³-hybridized carbons (Fsp3) is 0.333. The highest BCUT2D eigenvalue weighted by Gasteiger charge is 2.09. The molecule has 4 nitrogen and oxygen atoms in total. The van der Waals surface area contributed by atoms with Gasteiger partial charge in [-0.25, -0.2) is 0 Å². The molecule has 0 aliphatic heterocycles. The van der Waals surface area contributed by atoms with E-state index < -0.39 is 0 Å². The van der Waals surface area contributed by atoms with E-state index in [0.29, 0.717) is 22.3 Å². The molecule has 0 saturated heterocycles. The van der Waals surface area contributed by atoms with Crippen LogP contribution in [0.2, 0.25) is 5.02 Å². The minimum atomic E-state index is -0.0837. The minimum absolute atomic E-state index is 0.0837. The lowest BCUT2D eigenvalue weighted by Gasteiger charge is -2.12. The monoisotopic (exact) mass is 291 g/mol. The average Bonchev–Trinajstić information content (AvgIpc) is 2.48. The molecule has 0 fully saturated rings. The van der Waals surface area contributed by atoms with Gasteiger partial charge < -0.3 is 10.6 Å². The molecule has 0 bridgehead atoms. The molecule has 1 aromatic heterocycles. The van der Waals surface area contributed by atoms with E-state index in [9.17, 15) is 4.79 Å². The average molecular weight is 292 g/mol. The summed E-state index contributed by atoms with van der Waals surface area (Å²) in [6, 6.07) is 7.57. The first-order chi connectivity index (χ1) is 9.61. The molecule has 0 saturated carbocycles. The third-order valence-electron chi connectivity index (χ3n) is 3.21. The van der Waals surface area contributed by atoms with Crippen molar-refractivity contribution < 1.29 is 4.79 Å². The SMILES string of the molecule is CCC(C)NCC(=O)Nc1ccc(Cl)c2cccnc12. The Morgan fingerprint density at radius 2 is 2.20 bits per heavy atom. The Morgan fingerprint density at radius 1 is 1.40 bits per heavy atom. The van der Waals surface area contributed by atoms with Crippen molar-refractivity contribution in [2.75, 3.05) is 11.9 Å². The van der Waals surface area contributed by atoms with Gasteiger partial charge in [0.2, 0.25) is 5.91 Å². The zero-order valence-corrected chi connectivity index (χ0v) is 12.4. The molecular weight excluding hydrogens is 274 g/mol. The Balaban J connectivity index is 2.14. The highest BCUT2D eigenvalue weighted by Crippen LogP contribution is 2.27. The normalized spacial score (nSPS) is 12.3. The molecule has 0 radical (unpaired) electrons. The predicted octanol–water partition coefficient (Wildman–Crippen LogP) is 3.21. The Kier molecular flexibility index (Phi) is 4.93. The van der Waals surface area contributed by atoms with Crippen molar-refractivity contribution in [3.63, 3.8) is 0 Å². The van der Waals surface area contributed by atoms with Crippen LogP contribution in [0.3, 0.4) is 0 Å². The van der Waals surface area contributed by atoms with E-state index in [1.165, 1.54) is 0 Å². The van der Waals surface area contributed by atoms with Crippen molar-refractivity contribution in [2.45, 2.75) is 26.3 Å². The number of pyridine rings is 1. The molecule has 1 aromatic carbocycles. The molecule has 1 unspecified atom stereocenters. The molecule has 1 amide bonds. The molecular formula is C15H18ClN3O. The lowest BCUT2D eigenvalue weighted by Crippen LogP contribution is -2.34. The summed E-state index contributed by atoms with van der Waals surface area (Å²) in [5.41, 5.74) is 1.39. The Hall–Kier alpha value is -1.65. The summed E-state index contributed by atoms with van der Waals surface area (Å²) < 4.78 is 0. The first kappa shape index (κ1) is 14.8. The molecule has 2 aromatic rings. The van der Waals surface area contributed by atoms with E-state index >= 15 is 0 Å². The summed E-state index contributed by atoms with van der Waals surface area (Å²) in [5.74, 6) is -0.0837. The van der Waals surface area contributed by atoms with Gasteiger partial charge in [0.25, 0.3) is 0 Å². The van der Waals surface area contributed by atoms with Crippen LogP contribution in [0.1, 0.15) is 20.3 Å². The van der Waals surface area contributed by atoms with Gasteiger partial charge in [0.15, 0.2) is 0 Å². The van der Waals surface area contributed by atoms with E-state index in [2.05, 4.69) is 22.5 Å². The lowest BCUT2D eigenvalue weighted by molar-refractivity contribution is -0.115. The van der Waals surface area contributed by atoms with Crippen LogP contribution in [-0.4, -0.2) is 23.5 Å². The van der Waals surface area contributed by atoms with Crippen molar-refractivity contribution in [2.24, 2.45) is 0 Å². The summed E-state index contributed by atoms with van der Waals surface area (Å²) >= 11 is 6.12. The molecule has 2 N–H and O–H groups in total. The highest BCUT2D eigenvalue weighted by atomic mass is 35.5. The van der Waals surface area contributed by atoms with Gasteiger partial charge in [-0.15, -0.1) is 0 Å². The number of fused-ring (bicyclic) bond motifs is 1. The van der Waals surface area contributed by atoms with Gasteiger partial charge in [-0.05, 0) is 37.6 Å². The van der Waals surface area contributed by atoms with Crippen molar-refractivity contribution in [1.82, 2.24) is 10.3 Å². The summed E-state index contributed by atoms with van der Waals surface area (Å²) in [4.78, 5) is 16.2. The van der Waals surface area contributed by atoms with Crippen LogP contribution in [0.25, 0.3) is 10.9 Å². The summed E-state index contributed by atoms with van der Waals surface area (Å²) in [6.07, 6.45) is 2.67. The van der Waals surface area contributed by atoms with Crippen LogP contribution in [0, 0.1) is 0 Å². The maximum Gasteiger partial charge on any atom is 0.238 e. The molecule has 1 atom stereocenters. The third-order valence-corrected chi connectivity index (χ3v) is 3.54. The van der Waals surface area contributed by atoms with E-state index in [1.54, 1.807) is 18.3 Å². The standard InChI is InChI=1S/C15H18ClN3O/c1-3-10(2)18-9-14(20)19-13-7-6-12(16)11-5-4-8-17-15(11)13/h4-8,10,18H,3,9H2,1-2H3,(H,19,20). The minimum Gasteiger partial charge on any atom is -0.323 e. The molecule has 1 heterocycles. The second-order valence-electron chi connectivity index (χ2n) is 4.73. The van der Waals surface area contributed by atoms with Gasteiger partial charge in [0.1, 0.15) is 0 Å². The van der Waals surface area contributed by atoms with Crippen LogP contribution in [0.5, 0.6) is 0 Å². The molecule has 2 rings (SSSR count). The molecule has 106 valence electrons. The number of aromatic nitrogens is 1. The Morgan fingerprint density at radius 3 is 2.95 bits per heavy atom. The van der Waals surface area contributed by atoms with Crippen LogP contribution >= 0.6 is 11.6 Å². The molecule has 0 aliphatic carbocycles. The van der Waals surface area contributed by atoms with Crippen molar-refractivity contribution >= 4 is 34.1 Å². The topological polar surface area (TPSA) is 54.0 Å². The van der Waals surface area contributed by atoms with Crippen molar-refractivity contribution in [1.29, 1.82) is 0 Å². The number of hydrogen-bond donors (Lipinski definition) is 2. The van der Waals surface area contributed by atoms with E-state index in [1.807, 2.05) is 19.1 Å². The number of carbonyl (C=O) groups is 1. The van der Waals surface area contributed by atoms with E-state index in [4.69, 9.17) is 11.6 Å². The first-order valence-corrected chi connectivity index (χ1v) is 7.06. The van der Waals surface area contributed by atoms with Crippen LogP contribution in [0.4, 0.5) is 5.69 Å². The highest BCUT2D eigenvalue weighted by molar-refractivity contribution is 6.35. The quantitative estimate of drug-likeness (QED) is 0.889. The summed E-state index contributed by atoms with van der Waals surface area (Å²) in [7, 11) is 0. The molecule has 0 spiro atoms. The maximum absolute atomic E-state index is 11.9. The second-order valence-corrected chi connectivity index (χ2v) is 5.14. The number of amides is 1. The summed E-state index contributed by atoms with van der Waals surface area (Å²) in [5, 5.41) is 7.49. The van der Waals surface area contributed by atoms with Crippen LogP contribution in [0.15, 0.2) is 30.5 Å². The molecule has 5 heteroatoms. The number of hydrogen-bond acceptors (Lipinski definition) is 3. The van der Waals surface area contributed by atoms with E-state index in [0.717, 1.165) is 11.8 Å². The zero-order valence-electron chi connectivity index (χ0n) is 11.6. The van der Waals surface area contributed by atoms with Crippen LogP contribution in [-0.2, 0) is 4.79 Å². The maximum atomic E-state index is 11.9. The number of benzene rings is 1. The Labute approximate surface area is 123 Å². The van der Waals surface area contributed by atoms with Crippen molar-refractivity contribution in [3.8, 4) is 0 Å². The predicted molar refractivity (Wildman–Crippen MR) is 83.1 cm³/mol.